The van der Waals surface area contributed by atoms with Crippen molar-refractivity contribution in [1.29, 1.82) is 0 Å². The van der Waals surface area contributed by atoms with Crippen LogP contribution in [-0.4, -0.2) is 44.8 Å². The van der Waals surface area contributed by atoms with E-state index in [1.165, 1.54) is 18.2 Å². The highest BCUT2D eigenvalue weighted by Gasteiger charge is 2.39. The standard InChI is InChI=1S/C10H16N2O4S3.C7H6O3/c1-3-12-8-4-6(2)18(13,14)10-7(8)5-9(17-10)19(11,15)16;8-6-4-2-1-3-5(6)7(9)10/h5-6,8,12H,3-4H2,1-2H3,(H2,11,15,16);1-4,8H,(H,9,10)/t6-,8-;/m0./s1. The largest absolute Gasteiger partial charge is 0.507 e. The minimum atomic E-state index is -3.88. The van der Waals surface area contributed by atoms with Gasteiger partial charge < -0.3 is 15.5 Å². The smallest absolute Gasteiger partial charge is 0.339 e. The number of nitrogens with two attached hydrogens (primary N) is 1. The summed E-state index contributed by atoms with van der Waals surface area (Å²) in [6, 6.07) is 7.04. The molecule has 2 aromatic rings. The van der Waals surface area contributed by atoms with E-state index in [1.54, 1.807) is 19.1 Å². The van der Waals surface area contributed by atoms with Gasteiger partial charge in [0.1, 0.15) is 19.7 Å². The highest BCUT2D eigenvalue weighted by Crippen LogP contribution is 2.42. The van der Waals surface area contributed by atoms with Crippen LogP contribution in [0.25, 0.3) is 0 Å². The van der Waals surface area contributed by atoms with Crippen molar-refractivity contribution in [3.63, 3.8) is 0 Å². The fourth-order valence-corrected chi connectivity index (χ4v) is 7.25. The number of sulfonamides is 1. The molecule has 0 saturated heterocycles. The van der Waals surface area contributed by atoms with Crippen LogP contribution in [0, 0.1) is 0 Å². The minimum Gasteiger partial charge on any atom is -0.507 e. The predicted molar refractivity (Wildman–Crippen MR) is 108 cm³/mol. The number of rotatable bonds is 4. The Morgan fingerprint density at radius 2 is 1.97 bits per heavy atom. The number of carboxylic acids is 1. The minimum absolute atomic E-state index is 0.0671. The van der Waals surface area contributed by atoms with Crippen LogP contribution >= 0.6 is 11.3 Å². The number of thiophene rings is 1. The molecule has 2 heterocycles. The fourth-order valence-electron chi connectivity index (χ4n) is 2.83. The molecule has 0 radical (unpaired) electrons. The number of fused-ring (bicyclic) bond motifs is 1. The molecule has 3 rings (SSSR count). The van der Waals surface area contributed by atoms with Crippen molar-refractivity contribution in [3.05, 3.63) is 41.5 Å². The summed E-state index contributed by atoms with van der Waals surface area (Å²) in [5.74, 6) is -1.31. The topological polar surface area (TPSA) is 164 Å². The van der Waals surface area contributed by atoms with Gasteiger partial charge in [-0.1, -0.05) is 19.1 Å². The molecule has 0 unspecified atom stereocenters. The number of carboxylic acid groups (broad SMARTS) is 1. The molecule has 2 atom stereocenters. The quantitative estimate of drug-likeness (QED) is 0.533. The highest BCUT2D eigenvalue weighted by molar-refractivity contribution is 7.95. The zero-order chi connectivity index (χ0) is 22.0. The second-order valence-corrected chi connectivity index (χ2v) is 11.8. The van der Waals surface area contributed by atoms with Crippen LogP contribution in [0.4, 0.5) is 0 Å². The van der Waals surface area contributed by atoms with Gasteiger partial charge in [-0.05, 0) is 38.1 Å². The molecule has 5 N–H and O–H groups in total. The number of hydrogen-bond donors (Lipinski definition) is 4. The second kappa shape index (κ2) is 8.79. The third-order valence-corrected chi connectivity index (χ3v) is 9.62. The maximum atomic E-state index is 12.2. The molecule has 29 heavy (non-hydrogen) atoms. The normalized spacial score (nSPS) is 20.2. The maximum absolute atomic E-state index is 12.2. The predicted octanol–water partition coefficient (Wildman–Crippen LogP) is 1.70. The summed E-state index contributed by atoms with van der Waals surface area (Å²) >= 11 is 0.742. The van der Waals surface area contributed by atoms with Crippen LogP contribution in [0.5, 0.6) is 5.75 Å². The molecular formula is C17H22N2O7S3. The summed E-state index contributed by atoms with van der Waals surface area (Å²) in [7, 11) is -7.33. The number of benzene rings is 1. The first-order valence-electron chi connectivity index (χ1n) is 8.54. The second-order valence-electron chi connectivity index (χ2n) is 6.38. The van der Waals surface area contributed by atoms with Crippen molar-refractivity contribution in [2.75, 3.05) is 6.54 Å². The van der Waals surface area contributed by atoms with Gasteiger partial charge in [0.25, 0.3) is 0 Å². The van der Waals surface area contributed by atoms with E-state index in [1.807, 2.05) is 6.92 Å². The lowest BCUT2D eigenvalue weighted by atomic mass is 10.1. The third kappa shape index (κ3) is 5.14. The molecule has 0 spiro atoms. The molecule has 0 aliphatic carbocycles. The van der Waals surface area contributed by atoms with E-state index >= 15 is 0 Å². The number of aromatic carboxylic acids is 1. The molecule has 1 aromatic heterocycles. The molecule has 0 fully saturated rings. The lowest BCUT2D eigenvalue weighted by molar-refractivity contribution is 0.0693. The van der Waals surface area contributed by atoms with E-state index in [4.69, 9.17) is 15.4 Å². The first-order valence-corrected chi connectivity index (χ1v) is 12.5. The van der Waals surface area contributed by atoms with Gasteiger partial charge in [0, 0.05) is 11.6 Å². The summed E-state index contributed by atoms with van der Waals surface area (Å²) in [6.45, 7) is 4.23. The SMILES string of the molecule is CCN[C@H]1C[C@H](C)S(=O)(=O)c2sc(S(N)(=O)=O)cc21.O=C(O)c1ccccc1O. The van der Waals surface area contributed by atoms with Crippen LogP contribution in [0.3, 0.4) is 0 Å². The molecule has 12 heteroatoms. The average Bonchev–Trinajstić information content (AvgIpc) is 3.08. The average molecular weight is 463 g/mol. The van der Waals surface area contributed by atoms with Gasteiger partial charge in [0.05, 0.1) is 5.25 Å². The summed E-state index contributed by atoms with van der Waals surface area (Å²) < 4.78 is 47.3. The van der Waals surface area contributed by atoms with Gasteiger partial charge in [0.15, 0.2) is 9.84 Å². The number of hydrogen-bond acceptors (Lipinski definition) is 8. The molecule has 1 aliphatic heterocycles. The number of primary sulfonamides is 1. The molecule has 0 saturated carbocycles. The Hall–Kier alpha value is -1.99. The first kappa shape index (κ1) is 23.3. The summed E-state index contributed by atoms with van der Waals surface area (Å²) in [5, 5.41) is 25.0. The Balaban J connectivity index is 0.000000253. The summed E-state index contributed by atoms with van der Waals surface area (Å²) in [4.78, 5) is 10.3. The number of carbonyl (C=O) groups is 1. The maximum Gasteiger partial charge on any atom is 0.339 e. The zero-order valence-electron chi connectivity index (χ0n) is 15.7. The first-order chi connectivity index (χ1) is 13.4. The van der Waals surface area contributed by atoms with Crippen molar-refractivity contribution >= 4 is 37.2 Å². The van der Waals surface area contributed by atoms with Crippen molar-refractivity contribution in [3.8, 4) is 5.75 Å². The van der Waals surface area contributed by atoms with Gasteiger partial charge in [-0.2, -0.15) is 0 Å². The van der Waals surface area contributed by atoms with Gasteiger partial charge in [-0.15, -0.1) is 11.3 Å². The molecule has 0 amide bonds. The Labute approximate surface area is 173 Å². The van der Waals surface area contributed by atoms with Crippen molar-refractivity contribution < 1.29 is 31.8 Å². The van der Waals surface area contributed by atoms with Crippen molar-refractivity contribution in [1.82, 2.24) is 5.32 Å². The van der Waals surface area contributed by atoms with E-state index in [0.29, 0.717) is 18.5 Å². The van der Waals surface area contributed by atoms with Crippen LogP contribution in [-0.2, 0) is 19.9 Å². The van der Waals surface area contributed by atoms with Gasteiger partial charge >= 0.3 is 5.97 Å². The highest BCUT2D eigenvalue weighted by atomic mass is 32.3. The number of aromatic hydroxyl groups is 1. The lowest BCUT2D eigenvalue weighted by Gasteiger charge is -2.27. The Morgan fingerprint density at radius 3 is 2.45 bits per heavy atom. The van der Waals surface area contributed by atoms with E-state index in [2.05, 4.69) is 5.32 Å². The Kier molecular flexibility index (Phi) is 7.06. The lowest BCUT2D eigenvalue weighted by Crippen LogP contribution is -2.33. The van der Waals surface area contributed by atoms with Crippen LogP contribution < -0.4 is 10.5 Å². The molecule has 160 valence electrons. The molecule has 9 nitrogen and oxygen atoms in total. The number of phenols is 1. The number of nitrogens with one attached hydrogen (secondary N) is 1. The molecule has 1 aromatic carbocycles. The summed E-state index contributed by atoms with van der Waals surface area (Å²) in [6.07, 6.45) is 0.434. The number of sulfone groups is 1. The molecular weight excluding hydrogens is 440 g/mol. The third-order valence-electron chi connectivity index (χ3n) is 4.30. The van der Waals surface area contributed by atoms with Crippen LogP contribution in [0.15, 0.2) is 38.8 Å². The van der Waals surface area contributed by atoms with E-state index in [-0.39, 0.29) is 25.8 Å². The van der Waals surface area contributed by atoms with Crippen molar-refractivity contribution in [2.24, 2.45) is 5.14 Å². The van der Waals surface area contributed by atoms with Gasteiger partial charge in [-0.3, -0.25) is 0 Å². The van der Waals surface area contributed by atoms with Crippen LogP contribution in [0.2, 0.25) is 0 Å². The summed E-state index contributed by atoms with van der Waals surface area (Å²) in [5.41, 5.74) is 0.455. The fraction of sp³-hybridized carbons (Fsp3) is 0.353. The van der Waals surface area contributed by atoms with E-state index in [0.717, 1.165) is 11.3 Å². The van der Waals surface area contributed by atoms with Crippen LogP contribution in [0.1, 0.15) is 42.2 Å². The van der Waals surface area contributed by atoms with Gasteiger partial charge in [0.2, 0.25) is 10.0 Å². The van der Waals surface area contributed by atoms with E-state index in [9.17, 15) is 21.6 Å². The van der Waals surface area contributed by atoms with E-state index < -0.39 is 31.1 Å². The monoisotopic (exact) mass is 462 g/mol. The molecule has 0 bridgehead atoms. The van der Waals surface area contributed by atoms with Gasteiger partial charge in [-0.25, -0.2) is 26.8 Å². The molecule has 1 aliphatic rings. The Bertz CT molecular complexity index is 1110. The number of para-hydroxylation sites is 1. The Morgan fingerprint density at radius 1 is 1.34 bits per heavy atom. The zero-order valence-corrected chi connectivity index (χ0v) is 18.1. The van der Waals surface area contributed by atoms with Crippen molar-refractivity contribution in [2.45, 2.75) is 40.0 Å².